The summed E-state index contributed by atoms with van der Waals surface area (Å²) in [6.45, 7) is 1.50. The largest absolute Gasteiger partial charge is 0.394 e. The summed E-state index contributed by atoms with van der Waals surface area (Å²) < 4.78 is 39.9. The summed E-state index contributed by atoms with van der Waals surface area (Å²) >= 11 is 0. The van der Waals surface area contributed by atoms with E-state index in [0.29, 0.717) is 30.1 Å². The minimum atomic E-state index is -3.99. The van der Waals surface area contributed by atoms with Crippen molar-refractivity contribution in [3.63, 3.8) is 0 Å². The van der Waals surface area contributed by atoms with Crippen molar-refractivity contribution in [2.45, 2.75) is 45.2 Å². The van der Waals surface area contributed by atoms with E-state index in [1.807, 2.05) is 0 Å². The average Bonchev–Trinajstić information content (AvgIpc) is 2.91. The van der Waals surface area contributed by atoms with Crippen LogP contribution >= 0.6 is 0 Å². The number of hydrogen-bond donors (Lipinski definition) is 0. The van der Waals surface area contributed by atoms with Gasteiger partial charge in [-0.1, -0.05) is 6.92 Å². The molecule has 17 heavy (non-hydrogen) atoms. The predicted molar refractivity (Wildman–Crippen MR) is 58.2 cm³/mol. The minimum absolute atomic E-state index is 0.0483. The first-order valence-electron chi connectivity index (χ1n) is 6.98. The van der Waals surface area contributed by atoms with Crippen LogP contribution in [0.4, 0.5) is 13.2 Å². The molecule has 4 fully saturated rings. The van der Waals surface area contributed by atoms with Crippen LogP contribution in [-0.2, 0) is 0 Å². The highest BCUT2D eigenvalue weighted by Gasteiger charge is 2.71. The van der Waals surface area contributed by atoms with Crippen LogP contribution in [0.5, 0.6) is 0 Å². The number of alkyl halides is 3. The Hall–Kier alpha value is -0.210. The first-order valence-corrected chi connectivity index (χ1v) is 6.98. The Morgan fingerprint density at radius 1 is 0.941 bits per heavy atom. The van der Waals surface area contributed by atoms with Crippen LogP contribution in [-0.4, -0.2) is 6.18 Å². The van der Waals surface area contributed by atoms with Gasteiger partial charge in [-0.2, -0.15) is 13.2 Å². The molecule has 0 radical (unpaired) electrons. The quantitative estimate of drug-likeness (QED) is 0.559. The first-order chi connectivity index (χ1) is 7.92. The summed E-state index contributed by atoms with van der Waals surface area (Å²) in [7, 11) is 0. The van der Waals surface area contributed by atoms with Gasteiger partial charge in [0.2, 0.25) is 0 Å². The Kier molecular flexibility index (Phi) is 1.79. The Morgan fingerprint density at radius 2 is 1.59 bits per heavy atom. The maximum absolute atomic E-state index is 13.3. The Morgan fingerprint density at radius 3 is 2.24 bits per heavy atom. The van der Waals surface area contributed by atoms with Gasteiger partial charge in [-0.05, 0) is 67.6 Å². The molecule has 0 heterocycles. The maximum Gasteiger partial charge on any atom is 0.394 e. The lowest BCUT2D eigenvalue weighted by Crippen LogP contribution is -2.46. The summed E-state index contributed by atoms with van der Waals surface area (Å²) in [6, 6.07) is 0. The molecule has 7 unspecified atom stereocenters. The van der Waals surface area contributed by atoms with Crippen molar-refractivity contribution in [3.8, 4) is 0 Å². The second kappa shape index (κ2) is 2.85. The molecule has 0 aliphatic heterocycles. The van der Waals surface area contributed by atoms with Crippen molar-refractivity contribution in [2.24, 2.45) is 40.9 Å². The standard InChI is InChI=1S/C14H19F3/c1-13(14(15,16)17)6-9-5-10(13)12-8-3-2-7(4-8)11(9)12/h7-12H,2-6H2,1H3. The van der Waals surface area contributed by atoms with E-state index in [4.69, 9.17) is 0 Å². The van der Waals surface area contributed by atoms with Gasteiger partial charge in [-0.15, -0.1) is 0 Å². The molecule has 0 spiro atoms. The molecule has 0 aromatic rings. The van der Waals surface area contributed by atoms with Crippen LogP contribution < -0.4 is 0 Å². The molecule has 3 heteroatoms. The van der Waals surface area contributed by atoms with Gasteiger partial charge in [0.05, 0.1) is 5.41 Å². The van der Waals surface area contributed by atoms with Crippen LogP contribution in [0.2, 0.25) is 0 Å². The fourth-order valence-electron chi connectivity index (χ4n) is 6.24. The molecular weight excluding hydrogens is 225 g/mol. The lowest BCUT2D eigenvalue weighted by molar-refractivity contribution is -0.245. The van der Waals surface area contributed by atoms with E-state index in [1.165, 1.54) is 26.2 Å². The van der Waals surface area contributed by atoms with Crippen LogP contribution in [0, 0.1) is 40.9 Å². The Bertz CT molecular complexity index is 361. The van der Waals surface area contributed by atoms with Gasteiger partial charge in [0.15, 0.2) is 0 Å². The summed E-state index contributed by atoms with van der Waals surface area (Å²) in [5.41, 5.74) is -1.36. The second-order valence-corrected chi connectivity index (χ2v) is 7.21. The normalized spacial score (nSPS) is 60.0. The molecule has 4 aliphatic carbocycles. The molecule has 7 atom stereocenters. The fraction of sp³-hybridized carbons (Fsp3) is 1.00. The molecular formula is C14H19F3. The maximum atomic E-state index is 13.3. The van der Waals surface area contributed by atoms with Crippen LogP contribution in [0.3, 0.4) is 0 Å². The zero-order valence-corrected chi connectivity index (χ0v) is 10.1. The zero-order chi connectivity index (χ0) is 12.0. The summed E-state index contributed by atoms with van der Waals surface area (Å²) in [4.78, 5) is 0. The average molecular weight is 244 g/mol. The van der Waals surface area contributed by atoms with Gasteiger partial charge in [-0.3, -0.25) is 0 Å². The number of hydrogen-bond acceptors (Lipinski definition) is 0. The summed E-state index contributed by atoms with van der Waals surface area (Å²) in [5.74, 6) is 2.88. The van der Waals surface area contributed by atoms with Crippen molar-refractivity contribution in [2.75, 3.05) is 0 Å². The van der Waals surface area contributed by atoms with E-state index >= 15 is 0 Å². The van der Waals surface area contributed by atoms with Crippen molar-refractivity contribution in [3.05, 3.63) is 0 Å². The van der Waals surface area contributed by atoms with Gasteiger partial charge >= 0.3 is 6.18 Å². The number of fused-ring (bicyclic) bond motifs is 9. The summed E-state index contributed by atoms with van der Waals surface area (Å²) in [5, 5.41) is 0. The van der Waals surface area contributed by atoms with Crippen molar-refractivity contribution in [1.29, 1.82) is 0 Å². The Balaban J connectivity index is 1.72. The molecule has 0 amide bonds. The number of halogens is 3. The molecule has 0 saturated heterocycles. The van der Waals surface area contributed by atoms with E-state index in [2.05, 4.69) is 0 Å². The molecule has 0 aromatic carbocycles. The predicted octanol–water partition coefficient (Wildman–Crippen LogP) is 4.26. The zero-order valence-electron chi connectivity index (χ0n) is 10.1. The van der Waals surface area contributed by atoms with Crippen LogP contribution in [0.15, 0.2) is 0 Å². The van der Waals surface area contributed by atoms with E-state index in [9.17, 15) is 13.2 Å². The molecule has 0 nitrogen and oxygen atoms in total. The SMILES string of the molecule is CC1(C(F)(F)F)CC2CC1C1C3CCC(C3)C21. The second-order valence-electron chi connectivity index (χ2n) is 7.21. The molecule has 4 rings (SSSR count). The first kappa shape index (κ1) is 10.7. The van der Waals surface area contributed by atoms with E-state index in [-0.39, 0.29) is 5.92 Å². The summed E-state index contributed by atoms with van der Waals surface area (Å²) in [6.07, 6.45) is 1.07. The molecule has 96 valence electrons. The van der Waals surface area contributed by atoms with Gasteiger partial charge in [0.1, 0.15) is 0 Å². The molecule has 0 aromatic heterocycles. The lowest BCUT2D eigenvalue weighted by Gasteiger charge is -2.45. The van der Waals surface area contributed by atoms with E-state index in [1.54, 1.807) is 0 Å². The fourth-order valence-corrected chi connectivity index (χ4v) is 6.24. The van der Waals surface area contributed by atoms with Crippen LogP contribution in [0.25, 0.3) is 0 Å². The van der Waals surface area contributed by atoms with Gasteiger partial charge in [0, 0.05) is 0 Å². The highest BCUT2D eigenvalue weighted by atomic mass is 19.4. The topological polar surface area (TPSA) is 0 Å². The third kappa shape index (κ3) is 1.08. The molecule has 4 saturated carbocycles. The number of rotatable bonds is 0. The lowest BCUT2D eigenvalue weighted by atomic mass is 9.61. The van der Waals surface area contributed by atoms with Crippen molar-refractivity contribution < 1.29 is 13.2 Å². The Labute approximate surface area is 100.0 Å². The molecule has 4 aliphatic rings. The molecule has 4 bridgehead atoms. The van der Waals surface area contributed by atoms with Gasteiger partial charge < -0.3 is 0 Å². The van der Waals surface area contributed by atoms with Crippen LogP contribution in [0.1, 0.15) is 39.0 Å². The van der Waals surface area contributed by atoms with Crippen molar-refractivity contribution in [1.82, 2.24) is 0 Å². The van der Waals surface area contributed by atoms with Gasteiger partial charge in [-0.25, -0.2) is 0 Å². The van der Waals surface area contributed by atoms with E-state index in [0.717, 1.165) is 12.3 Å². The highest BCUT2D eigenvalue weighted by molar-refractivity contribution is 5.15. The minimum Gasteiger partial charge on any atom is -0.171 e. The monoisotopic (exact) mass is 244 g/mol. The van der Waals surface area contributed by atoms with Crippen molar-refractivity contribution >= 4 is 0 Å². The highest BCUT2D eigenvalue weighted by Crippen LogP contribution is 2.74. The van der Waals surface area contributed by atoms with Gasteiger partial charge in [0.25, 0.3) is 0 Å². The smallest absolute Gasteiger partial charge is 0.171 e. The molecule has 0 N–H and O–H groups in total. The third-order valence-corrected chi connectivity index (χ3v) is 6.76. The van der Waals surface area contributed by atoms with E-state index < -0.39 is 11.6 Å². The third-order valence-electron chi connectivity index (χ3n) is 6.76.